The van der Waals surface area contributed by atoms with Crippen LogP contribution in [0.25, 0.3) is 0 Å². The van der Waals surface area contributed by atoms with Crippen molar-refractivity contribution in [2.45, 2.75) is 24.4 Å². The van der Waals surface area contributed by atoms with E-state index in [0.717, 1.165) is 12.8 Å². The Morgan fingerprint density at radius 3 is 2.63 bits per heavy atom. The maximum atomic E-state index is 13.8. The van der Waals surface area contributed by atoms with Crippen molar-refractivity contribution in [1.29, 1.82) is 0 Å². The number of imide groups is 1. The van der Waals surface area contributed by atoms with Crippen LogP contribution in [0.15, 0.2) is 42.5 Å². The molecule has 4 aliphatic rings. The summed E-state index contributed by atoms with van der Waals surface area (Å²) < 4.78 is 0. The molecule has 6 rings (SSSR count). The predicted octanol–water partition coefficient (Wildman–Crippen LogP) is 3.42. The average Bonchev–Trinajstić information content (AvgIpc) is 3.41. The largest absolute Gasteiger partial charge is 0.323 e. The van der Waals surface area contributed by atoms with Gasteiger partial charge in [0.25, 0.3) is 5.91 Å². The van der Waals surface area contributed by atoms with E-state index in [0.29, 0.717) is 33.5 Å². The monoisotopic (exact) mass is 441 g/mol. The first-order valence-corrected chi connectivity index (χ1v) is 10.7. The third-order valence-electron chi connectivity index (χ3n) is 7.04. The molecule has 4 heterocycles. The maximum absolute atomic E-state index is 13.8. The number of nitrogens with zero attached hydrogens (tertiary/aromatic N) is 2. The van der Waals surface area contributed by atoms with Gasteiger partial charge in [-0.25, -0.2) is 4.90 Å². The Morgan fingerprint density at radius 1 is 1.03 bits per heavy atom. The van der Waals surface area contributed by atoms with Crippen LogP contribution in [0.5, 0.6) is 0 Å². The smallest absolute Gasteiger partial charge is 0.250 e. The number of nitrogens with one attached hydrogen (secondary N) is 1. The normalized spacial score (nSPS) is 32.0. The van der Waals surface area contributed by atoms with Crippen LogP contribution in [0.3, 0.4) is 0 Å². The van der Waals surface area contributed by atoms with Crippen LogP contribution < -0.4 is 10.2 Å². The molecular weight excluding hydrogens is 425 g/mol. The topological polar surface area (TPSA) is 69.7 Å². The van der Waals surface area contributed by atoms with Gasteiger partial charge in [-0.2, -0.15) is 0 Å². The SMILES string of the molecule is O=C1C2C3CCCN3C3(C(=O)Nc4c(Cl)cccc43)C2C(=O)N1c1cccc(Cl)c1. The fourth-order valence-corrected chi connectivity index (χ4v) is 6.47. The van der Waals surface area contributed by atoms with Gasteiger partial charge in [0.05, 0.1) is 28.2 Å². The van der Waals surface area contributed by atoms with E-state index >= 15 is 0 Å². The number of carbonyl (C=O) groups excluding carboxylic acids is 3. The first-order chi connectivity index (χ1) is 14.5. The minimum Gasteiger partial charge on any atom is -0.323 e. The van der Waals surface area contributed by atoms with E-state index in [1.165, 1.54) is 4.90 Å². The summed E-state index contributed by atoms with van der Waals surface area (Å²) in [6, 6.07) is 11.9. The molecule has 0 bridgehead atoms. The van der Waals surface area contributed by atoms with E-state index in [1.807, 2.05) is 6.07 Å². The lowest BCUT2D eigenvalue weighted by Crippen LogP contribution is -2.54. The van der Waals surface area contributed by atoms with Crippen LogP contribution in [-0.2, 0) is 19.9 Å². The average molecular weight is 442 g/mol. The van der Waals surface area contributed by atoms with Gasteiger partial charge >= 0.3 is 0 Å². The highest BCUT2D eigenvalue weighted by molar-refractivity contribution is 6.35. The van der Waals surface area contributed by atoms with Crippen molar-refractivity contribution in [2.24, 2.45) is 11.8 Å². The molecule has 3 fully saturated rings. The van der Waals surface area contributed by atoms with Gasteiger partial charge in [0, 0.05) is 16.6 Å². The molecule has 4 atom stereocenters. The van der Waals surface area contributed by atoms with Gasteiger partial charge in [0.1, 0.15) is 5.54 Å². The number of rotatable bonds is 1. The van der Waals surface area contributed by atoms with E-state index in [1.54, 1.807) is 36.4 Å². The highest BCUT2D eigenvalue weighted by Gasteiger charge is 2.74. The summed E-state index contributed by atoms with van der Waals surface area (Å²) >= 11 is 12.5. The highest BCUT2D eigenvalue weighted by Crippen LogP contribution is 2.61. The quantitative estimate of drug-likeness (QED) is 0.688. The fraction of sp³-hybridized carbons (Fsp3) is 0.318. The number of para-hydroxylation sites is 1. The number of carbonyl (C=O) groups is 3. The predicted molar refractivity (Wildman–Crippen MR) is 112 cm³/mol. The molecule has 2 aromatic carbocycles. The molecular formula is C22H17Cl2N3O3. The Hall–Kier alpha value is -2.41. The van der Waals surface area contributed by atoms with Gasteiger partial charge in [-0.05, 0) is 43.7 Å². The minimum absolute atomic E-state index is 0.161. The first-order valence-electron chi connectivity index (χ1n) is 9.97. The van der Waals surface area contributed by atoms with Crippen molar-refractivity contribution < 1.29 is 14.4 Å². The molecule has 30 heavy (non-hydrogen) atoms. The van der Waals surface area contributed by atoms with Crippen LogP contribution in [0, 0.1) is 11.8 Å². The number of amides is 3. The first kappa shape index (κ1) is 18.4. The lowest BCUT2D eigenvalue weighted by atomic mass is 9.75. The molecule has 2 aromatic rings. The summed E-state index contributed by atoms with van der Waals surface area (Å²) in [6.45, 7) is 0.661. The second-order valence-electron chi connectivity index (χ2n) is 8.28. The Morgan fingerprint density at radius 2 is 1.83 bits per heavy atom. The van der Waals surface area contributed by atoms with E-state index in [2.05, 4.69) is 10.2 Å². The van der Waals surface area contributed by atoms with Crippen molar-refractivity contribution >= 4 is 52.3 Å². The second kappa shape index (κ2) is 6.06. The van der Waals surface area contributed by atoms with Crippen molar-refractivity contribution in [2.75, 3.05) is 16.8 Å². The minimum atomic E-state index is -1.22. The summed E-state index contributed by atoms with van der Waals surface area (Å²) in [5.74, 6) is -2.27. The van der Waals surface area contributed by atoms with Gasteiger partial charge in [0.15, 0.2) is 0 Å². The molecule has 0 aromatic heterocycles. The Kier molecular flexibility index (Phi) is 3.71. The molecule has 152 valence electrons. The molecule has 1 spiro atoms. The van der Waals surface area contributed by atoms with Crippen LogP contribution in [0.1, 0.15) is 18.4 Å². The zero-order valence-electron chi connectivity index (χ0n) is 15.8. The number of hydrogen-bond donors (Lipinski definition) is 1. The van der Waals surface area contributed by atoms with E-state index in [9.17, 15) is 14.4 Å². The van der Waals surface area contributed by atoms with Crippen molar-refractivity contribution in [3.8, 4) is 0 Å². The lowest BCUT2D eigenvalue weighted by molar-refractivity contribution is -0.135. The summed E-state index contributed by atoms with van der Waals surface area (Å²) in [4.78, 5) is 44.1. The Bertz CT molecular complexity index is 1150. The van der Waals surface area contributed by atoms with Crippen molar-refractivity contribution in [3.63, 3.8) is 0 Å². The molecule has 0 radical (unpaired) electrons. The third kappa shape index (κ3) is 2.02. The van der Waals surface area contributed by atoms with Gasteiger partial charge in [-0.1, -0.05) is 41.4 Å². The van der Waals surface area contributed by atoms with Crippen molar-refractivity contribution in [3.05, 3.63) is 58.1 Å². The second-order valence-corrected chi connectivity index (χ2v) is 9.12. The van der Waals surface area contributed by atoms with Crippen LogP contribution in [0.4, 0.5) is 11.4 Å². The third-order valence-corrected chi connectivity index (χ3v) is 7.59. The molecule has 6 nitrogen and oxygen atoms in total. The number of fused-ring (bicyclic) bond motifs is 7. The zero-order chi connectivity index (χ0) is 20.8. The van der Waals surface area contributed by atoms with Crippen LogP contribution >= 0.6 is 23.2 Å². The number of benzene rings is 2. The van der Waals surface area contributed by atoms with Gasteiger partial charge in [0.2, 0.25) is 11.8 Å². The summed E-state index contributed by atoms with van der Waals surface area (Å²) in [5.41, 5.74) is 0.452. The molecule has 3 amide bonds. The lowest BCUT2D eigenvalue weighted by Gasteiger charge is -2.36. The van der Waals surface area contributed by atoms with E-state index < -0.39 is 17.4 Å². The Labute approximate surface area is 182 Å². The molecule has 3 saturated heterocycles. The number of hydrogen-bond acceptors (Lipinski definition) is 4. The number of anilines is 2. The van der Waals surface area contributed by atoms with E-state index in [4.69, 9.17) is 23.2 Å². The van der Waals surface area contributed by atoms with Gasteiger partial charge in [-0.15, -0.1) is 0 Å². The van der Waals surface area contributed by atoms with Crippen LogP contribution in [0.2, 0.25) is 10.0 Å². The fourth-order valence-electron chi connectivity index (χ4n) is 6.06. The van der Waals surface area contributed by atoms with Gasteiger partial charge in [-0.3, -0.25) is 19.3 Å². The Balaban J connectivity index is 1.57. The number of halogens is 2. The van der Waals surface area contributed by atoms with Crippen molar-refractivity contribution in [1.82, 2.24) is 4.90 Å². The molecule has 4 aliphatic heterocycles. The molecule has 0 saturated carbocycles. The summed E-state index contributed by atoms with van der Waals surface area (Å²) in [6.07, 6.45) is 1.64. The molecule has 0 aliphatic carbocycles. The zero-order valence-corrected chi connectivity index (χ0v) is 17.3. The summed E-state index contributed by atoms with van der Waals surface area (Å²) in [5, 5.41) is 3.78. The van der Waals surface area contributed by atoms with E-state index in [-0.39, 0.29) is 23.8 Å². The molecule has 1 N–H and O–H groups in total. The highest BCUT2D eigenvalue weighted by atomic mass is 35.5. The van der Waals surface area contributed by atoms with Crippen LogP contribution in [-0.4, -0.2) is 35.2 Å². The summed E-state index contributed by atoms with van der Waals surface area (Å²) in [7, 11) is 0. The maximum Gasteiger partial charge on any atom is 0.250 e. The standard InChI is InChI=1S/C22H17Cl2N3O3/c23-11-4-1-5-12(10-11)27-19(28)16-15-8-3-9-26(15)22(17(16)20(27)29)13-6-2-7-14(24)18(13)25-21(22)30/h1-2,4-7,10,15-17H,3,8-9H2,(H,25,30). The van der Waals surface area contributed by atoms with Gasteiger partial charge < -0.3 is 5.32 Å². The molecule has 8 heteroatoms. The molecule has 4 unspecified atom stereocenters.